The van der Waals surface area contributed by atoms with Gasteiger partial charge in [-0.25, -0.2) is 4.98 Å². The molecule has 0 fully saturated rings. The maximum absolute atomic E-state index is 11.3. The summed E-state index contributed by atoms with van der Waals surface area (Å²) in [5, 5.41) is 0.993. The molecule has 0 aliphatic carbocycles. The molecule has 0 amide bonds. The fourth-order valence-corrected chi connectivity index (χ4v) is 1.91. The highest BCUT2D eigenvalue weighted by molar-refractivity contribution is 5.94. The molecule has 20 heavy (non-hydrogen) atoms. The topological polar surface area (TPSA) is 52.1 Å². The van der Waals surface area contributed by atoms with Crippen LogP contribution in [0.15, 0.2) is 54.9 Å². The number of aromatic nitrogens is 2. The van der Waals surface area contributed by atoms with Gasteiger partial charge in [0.15, 0.2) is 5.78 Å². The summed E-state index contributed by atoms with van der Waals surface area (Å²) in [4.78, 5) is 19.7. The van der Waals surface area contributed by atoms with Crippen LogP contribution in [0.1, 0.15) is 17.3 Å². The molecule has 4 heteroatoms. The number of Topliss-reactive ketones (excluding diaryl/α,β-unsaturated/α-hetero) is 1. The number of ketones is 1. The van der Waals surface area contributed by atoms with Crippen molar-refractivity contribution in [3.8, 4) is 11.6 Å². The Morgan fingerprint density at radius 1 is 1.10 bits per heavy atom. The maximum Gasteiger partial charge on any atom is 0.219 e. The third-order valence-corrected chi connectivity index (χ3v) is 2.93. The number of carbonyl (C=O) groups is 1. The van der Waals surface area contributed by atoms with Crippen LogP contribution in [0.5, 0.6) is 11.6 Å². The molecule has 1 aromatic carbocycles. The Morgan fingerprint density at radius 3 is 2.80 bits per heavy atom. The van der Waals surface area contributed by atoms with Crippen LogP contribution in [0.3, 0.4) is 0 Å². The Bertz CT molecular complexity index is 784. The Morgan fingerprint density at radius 2 is 1.95 bits per heavy atom. The maximum atomic E-state index is 11.3. The van der Waals surface area contributed by atoms with Gasteiger partial charge in [-0.2, -0.15) is 0 Å². The van der Waals surface area contributed by atoms with Gasteiger partial charge in [0.05, 0.1) is 11.7 Å². The Kier molecular flexibility index (Phi) is 3.13. The molecular formula is C16H12N2O2. The Labute approximate surface area is 116 Å². The number of hydrogen-bond acceptors (Lipinski definition) is 4. The van der Waals surface area contributed by atoms with Gasteiger partial charge in [0.1, 0.15) is 5.75 Å². The normalized spacial score (nSPS) is 10.4. The van der Waals surface area contributed by atoms with E-state index in [0.29, 0.717) is 17.2 Å². The van der Waals surface area contributed by atoms with Gasteiger partial charge in [-0.1, -0.05) is 18.2 Å². The second-order valence-electron chi connectivity index (χ2n) is 4.40. The van der Waals surface area contributed by atoms with E-state index in [1.165, 1.54) is 6.92 Å². The predicted molar refractivity (Wildman–Crippen MR) is 76.1 cm³/mol. The van der Waals surface area contributed by atoms with Crippen LogP contribution in [0.4, 0.5) is 0 Å². The van der Waals surface area contributed by atoms with E-state index in [2.05, 4.69) is 9.97 Å². The largest absolute Gasteiger partial charge is 0.437 e. The molecule has 0 atom stereocenters. The molecule has 0 unspecified atom stereocenters. The number of hydrogen-bond donors (Lipinski definition) is 0. The molecular weight excluding hydrogens is 252 g/mol. The molecule has 4 nitrogen and oxygen atoms in total. The molecule has 0 N–H and O–H groups in total. The van der Waals surface area contributed by atoms with E-state index in [9.17, 15) is 4.79 Å². The van der Waals surface area contributed by atoms with Crippen LogP contribution < -0.4 is 4.74 Å². The van der Waals surface area contributed by atoms with E-state index in [0.717, 1.165) is 10.9 Å². The first-order chi connectivity index (χ1) is 9.72. The third-order valence-electron chi connectivity index (χ3n) is 2.93. The molecule has 0 saturated carbocycles. The highest BCUT2D eigenvalue weighted by Crippen LogP contribution is 2.23. The van der Waals surface area contributed by atoms with E-state index >= 15 is 0 Å². The summed E-state index contributed by atoms with van der Waals surface area (Å²) in [5.41, 5.74) is 1.48. The number of carbonyl (C=O) groups excluding carboxylic acids is 1. The number of para-hydroxylation sites is 1. The summed E-state index contributed by atoms with van der Waals surface area (Å²) in [6.45, 7) is 1.51. The number of ether oxygens (including phenoxy) is 1. The van der Waals surface area contributed by atoms with Gasteiger partial charge in [-0.15, -0.1) is 0 Å². The van der Waals surface area contributed by atoms with Gasteiger partial charge in [0, 0.05) is 23.2 Å². The average Bonchev–Trinajstić information content (AvgIpc) is 2.47. The molecule has 3 rings (SSSR count). The van der Waals surface area contributed by atoms with Crippen LogP contribution in [0.2, 0.25) is 0 Å². The third kappa shape index (κ3) is 2.49. The lowest BCUT2D eigenvalue weighted by molar-refractivity contribution is 0.101. The second-order valence-corrected chi connectivity index (χ2v) is 4.40. The SMILES string of the molecule is CC(=O)c1ccnc(Oc2cnc3ccccc3c2)c1. The smallest absolute Gasteiger partial charge is 0.219 e. The number of pyridine rings is 2. The zero-order chi connectivity index (χ0) is 13.9. The number of nitrogens with zero attached hydrogens (tertiary/aromatic N) is 2. The molecule has 0 spiro atoms. The predicted octanol–water partition coefficient (Wildman–Crippen LogP) is 3.62. The van der Waals surface area contributed by atoms with E-state index in [1.807, 2.05) is 30.3 Å². The highest BCUT2D eigenvalue weighted by atomic mass is 16.5. The molecule has 98 valence electrons. The zero-order valence-electron chi connectivity index (χ0n) is 10.9. The molecule has 0 aliphatic rings. The molecule has 3 aromatic rings. The first-order valence-electron chi connectivity index (χ1n) is 6.22. The molecule has 0 bridgehead atoms. The highest BCUT2D eigenvalue weighted by Gasteiger charge is 2.04. The quantitative estimate of drug-likeness (QED) is 0.678. The minimum atomic E-state index is -0.0195. The molecule has 0 saturated heterocycles. The summed E-state index contributed by atoms with van der Waals surface area (Å²) < 4.78 is 5.65. The number of benzene rings is 1. The van der Waals surface area contributed by atoms with E-state index in [4.69, 9.17) is 4.74 Å². The lowest BCUT2D eigenvalue weighted by Gasteiger charge is -2.06. The van der Waals surface area contributed by atoms with Crippen LogP contribution in [0.25, 0.3) is 10.9 Å². The van der Waals surface area contributed by atoms with E-state index < -0.39 is 0 Å². The molecule has 2 aromatic heterocycles. The van der Waals surface area contributed by atoms with Crippen molar-refractivity contribution in [2.75, 3.05) is 0 Å². The molecule has 2 heterocycles. The van der Waals surface area contributed by atoms with Crippen molar-refractivity contribution in [2.45, 2.75) is 6.92 Å². The van der Waals surface area contributed by atoms with Crippen LogP contribution in [-0.4, -0.2) is 15.8 Å². The van der Waals surface area contributed by atoms with Crippen LogP contribution in [0, 0.1) is 0 Å². The Balaban J connectivity index is 1.92. The van der Waals surface area contributed by atoms with Gasteiger partial charge < -0.3 is 4.74 Å². The van der Waals surface area contributed by atoms with Gasteiger partial charge in [0.25, 0.3) is 0 Å². The van der Waals surface area contributed by atoms with Crippen molar-refractivity contribution in [2.24, 2.45) is 0 Å². The van der Waals surface area contributed by atoms with Crippen LogP contribution in [-0.2, 0) is 0 Å². The lowest BCUT2D eigenvalue weighted by atomic mass is 10.2. The summed E-state index contributed by atoms with van der Waals surface area (Å²) in [7, 11) is 0. The number of fused-ring (bicyclic) bond motifs is 1. The molecule has 0 aliphatic heterocycles. The Hall–Kier alpha value is -2.75. The first-order valence-corrected chi connectivity index (χ1v) is 6.22. The van der Waals surface area contributed by atoms with Crippen molar-refractivity contribution in [3.05, 3.63) is 60.4 Å². The fraction of sp³-hybridized carbons (Fsp3) is 0.0625. The summed E-state index contributed by atoms with van der Waals surface area (Å²) in [5.74, 6) is 0.959. The first kappa shape index (κ1) is 12.3. The fourth-order valence-electron chi connectivity index (χ4n) is 1.91. The van der Waals surface area contributed by atoms with Gasteiger partial charge in [-0.3, -0.25) is 9.78 Å². The average molecular weight is 264 g/mol. The summed E-state index contributed by atoms with van der Waals surface area (Å²) in [6.07, 6.45) is 3.20. The van der Waals surface area contributed by atoms with Crippen molar-refractivity contribution < 1.29 is 9.53 Å². The van der Waals surface area contributed by atoms with Crippen molar-refractivity contribution >= 4 is 16.7 Å². The second kappa shape index (κ2) is 5.09. The van der Waals surface area contributed by atoms with E-state index in [-0.39, 0.29) is 5.78 Å². The monoisotopic (exact) mass is 264 g/mol. The van der Waals surface area contributed by atoms with Crippen molar-refractivity contribution in [3.63, 3.8) is 0 Å². The number of rotatable bonds is 3. The van der Waals surface area contributed by atoms with Gasteiger partial charge in [0.2, 0.25) is 5.88 Å². The lowest BCUT2D eigenvalue weighted by Crippen LogP contribution is -1.95. The minimum Gasteiger partial charge on any atom is -0.437 e. The zero-order valence-corrected chi connectivity index (χ0v) is 10.9. The molecule has 0 radical (unpaired) electrons. The van der Waals surface area contributed by atoms with E-state index in [1.54, 1.807) is 24.5 Å². The van der Waals surface area contributed by atoms with Crippen molar-refractivity contribution in [1.29, 1.82) is 0 Å². The minimum absolute atomic E-state index is 0.0195. The summed E-state index contributed by atoms with van der Waals surface area (Å²) in [6, 6.07) is 13.0. The standard InChI is InChI=1S/C16H12N2O2/c1-11(19)12-6-7-17-16(9-12)20-14-8-13-4-2-3-5-15(13)18-10-14/h2-10H,1H3. The van der Waals surface area contributed by atoms with Gasteiger partial charge in [-0.05, 0) is 25.1 Å². The van der Waals surface area contributed by atoms with Crippen LogP contribution >= 0.6 is 0 Å². The van der Waals surface area contributed by atoms with Gasteiger partial charge >= 0.3 is 0 Å². The van der Waals surface area contributed by atoms with Crippen molar-refractivity contribution in [1.82, 2.24) is 9.97 Å². The summed E-state index contributed by atoms with van der Waals surface area (Å²) >= 11 is 0.